The van der Waals surface area contributed by atoms with E-state index in [1.165, 1.54) is 17.7 Å². The zero-order valence-electron chi connectivity index (χ0n) is 16.7. The van der Waals surface area contributed by atoms with Gasteiger partial charge in [0, 0.05) is 31.6 Å². The first-order valence-corrected chi connectivity index (χ1v) is 10.8. The summed E-state index contributed by atoms with van der Waals surface area (Å²) in [4.78, 5) is 19.4. The lowest BCUT2D eigenvalue weighted by atomic mass is 9.89. The van der Waals surface area contributed by atoms with Crippen LogP contribution in [0.25, 0.3) is 0 Å². The molecule has 0 radical (unpaired) electrons. The zero-order chi connectivity index (χ0) is 19.3. The van der Waals surface area contributed by atoms with Gasteiger partial charge in [0.15, 0.2) is 5.96 Å². The SMILES string of the molecule is CC(NC(=NCC(=O)N(C)C)NC1CCOC2(CCCC2)C1)c1cccs1. The molecule has 1 aromatic heterocycles. The highest BCUT2D eigenvalue weighted by Gasteiger charge is 2.40. The lowest BCUT2D eigenvalue weighted by Crippen LogP contribution is -2.51. The highest BCUT2D eigenvalue weighted by molar-refractivity contribution is 7.10. The number of likely N-dealkylation sites (N-methyl/N-ethyl adjacent to an activating group) is 1. The Bertz CT molecular complexity index is 638. The molecular weight excluding hydrogens is 360 g/mol. The molecule has 2 N–H and O–H groups in total. The highest BCUT2D eigenvalue weighted by Crippen LogP contribution is 2.39. The van der Waals surface area contributed by atoms with Crippen LogP contribution in [0.15, 0.2) is 22.5 Å². The molecule has 27 heavy (non-hydrogen) atoms. The molecule has 1 saturated carbocycles. The summed E-state index contributed by atoms with van der Waals surface area (Å²) in [5.74, 6) is 0.713. The molecule has 2 atom stereocenters. The van der Waals surface area contributed by atoms with Crippen LogP contribution in [0.5, 0.6) is 0 Å². The van der Waals surface area contributed by atoms with Gasteiger partial charge in [-0.15, -0.1) is 11.3 Å². The number of nitrogens with zero attached hydrogens (tertiary/aromatic N) is 2. The number of hydrogen-bond acceptors (Lipinski definition) is 4. The van der Waals surface area contributed by atoms with E-state index in [-0.39, 0.29) is 24.1 Å². The van der Waals surface area contributed by atoms with E-state index in [0.29, 0.717) is 12.0 Å². The number of amides is 1. The molecule has 1 amide bonds. The minimum atomic E-state index is -0.000817. The molecule has 7 heteroatoms. The third-order valence-corrected chi connectivity index (χ3v) is 6.60. The Kier molecular flexibility index (Phi) is 6.76. The van der Waals surface area contributed by atoms with Crippen LogP contribution in [0.1, 0.15) is 56.4 Å². The summed E-state index contributed by atoms with van der Waals surface area (Å²) in [7, 11) is 3.52. The topological polar surface area (TPSA) is 66.0 Å². The number of thiophene rings is 1. The van der Waals surface area contributed by atoms with Crippen LogP contribution in [0.3, 0.4) is 0 Å². The molecule has 1 spiro atoms. The molecule has 1 aliphatic heterocycles. The standard InChI is InChI=1S/C20H32N4O2S/c1-15(17-7-6-12-27-17)22-19(21-14-18(25)24(2)3)23-16-8-11-26-20(13-16)9-4-5-10-20/h6-7,12,15-16H,4-5,8-11,13-14H2,1-3H3,(H2,21,22,23). The normalized spacial score (nSPS) is 23.2. The van der Waals surface area contributed by atoms with Crippen molar-refractivity contribution in [2.75, 3.05) is 27.2 Å². The molecule has 2 heterocycles. The van der Waals surface area contributed by atoms with E-state index in [1.807, 2.05) is 0 Å². The fourth-order valence-electron chi connectivity index (χ4n) is 3.95. The molecule has 150 valence electrons. The summed E-state index contributed by atoms with van der Waals surface area (Å²) < 4.78 is 6.15. The smallest absolute Gasteiger partial charge is 0.243 e. The molecule has 2 aliphatic rings. The van der Waals surface area contributed by atoms with Gasteiger partial charge < -0.3 is 20.3 Å². The Morgan fingerprint density at radius 2 is 2.22 bits per heavy atom. The molecule has 1 saturated heterocycles. The number of ether oxygens (including phenoxy) is 1. The quantitative estimate of drug-likeness (QED) is 0.597. The summed E-state index contributed by atoms with van der Waals surface area (Å²) >= 11 is 1.72. The van der Waals surface area contributed by atoms with E-state index in [9.17, 15) is 4.79 Å². The molecule has 0 bridgehead atoms. The Balaban J connectivity index is 1.66. The van der Waals surface area contributed by atoms with Crippen molar-refractivity contribution in [1.29, 1.82) is 0 Å². The number of nitrogens with one attached hydrogen (secondary N) is 2. The lowest BCUT2D eigenvalue weighted by Gasteiger charge is -2.39. The van der Waals surface area contributed by atoms with Crippen molar-refractivity contribution in [3.8, 4) is 0 Å². The van der Waals surface area contributed by atoms with Crippen LogP contribution in [0, 0.1) is 0 Å². The highest BCUT2D eigenvalue weighted by atomic mass is 32.1. The summed E-state index contributed by atoms with van der Waals surface area (Å²) in [5, 5.41) is 9.14. The maximum atomic E-state index is 12.0. The Morgan fingerprint density at radius 3 is 2.89 bits per heavy atom. The first-order valence-electron chi connectivity index (χ1n) is 9.92. The van der Waals surface area contributed by atoms with Gasteiger partial charge in [-0.3, -0.25) is 4.79 Å². The van der Waals surface area contributed by atoms with Crippen molar-refractivity contribution >= 4 is 23.2 Å². The summed E-state index contributed by atoms with van der Waals surface area (Å²) in [6.07, 6.45) is 6.84. The zero-order valence-corrected chi connectivity index (χ0v) is 17.5. The molecule has 6 nitrogen and oxygen atoms in total. The second kappa shape index (κ2) is 9.06. The minimum Gasteiger partial charge on any atom is -0.375 e. The van der Waals surface area contributed by atoms with Crippen LogP contribution >= 0.6 is 11.3 Å². The first-order chi connectivity index (χ1) is 13.0. The van der Waals surface area contributed by atoms with Gasteiger partial charge in [-0.1, -0.05) is 18.9 Å². The number of guanidine groups is 1. The predicted octanol–water partition coefficient (Wildman–Crippen LogP) is 2.92. The van der Waals surface area contributed by atoms with Crippen molar-refractivity contribution in [3.05, 3.63) is 22.4 Å². The van der Waals surface area contributed by atoms with Crippen LogP contribution < -0.4 is 10.6 Å². The largest absolute Gasteiger partial charge is 0.375 e. The van der Waals surface area contributed by atoms with Gasteiger partial charge in [-0.25, -0.2) is 4.99 Å². The number of rotatable bonds is 5. The molecule has 3 rings (SSSR count). The molecular formula is C20H32N4O2S. The van der Waals surface area contributed by atoms with Crippen LogP contribution in [-0.2, 0) is 9.53 Å². The second-order valence-corrected chi connectivity index (χ2v) is 8.89. The van der Waals surface area contributed by atoms with Gasteiger partial charge in [-0.05, 0) is 44.1 Å². The molecule has 2 unspecified atom stereocenters. The van der Waals surface area contributed by atoms with Crippen molar-refractivity contribution in [2.45, 2.75) is 63.1 Å². The van der Waals surface area contributed by atoms with E-state index in [4.69, 9.17) is 4.74 Å². The number of carbonyl (C=O) groups is 1. The van der Waals surface area contributed by atoms with Gasteiger partial charge in [0.2, 0.25) is 5.91 Å². The average Bonchev–Trinajstić information content (AvgIpc) is 3.32. The van der Waals surface area contributed by atoms with Crippen molar-refractivity contribution < 1.29 is 9.53 Å². The molecule has 1 aromatic rings. The van der Waals surface area contributed by atoms with E-state index in [2.05, 4.69) is 40.1 Å². The van der Waals surface area contributed by atoms with E-state index < -0.39 is 0 Å². The number of hydrogen-bond donors (Lipinski definition) is 2. The summed E-state index contributed by atoms with van der Waals surface area (Å²) in [6, 6.07) is 4.65. The van der Waals surface area contributed by atoms with Crippen LogP contribution in [0.4, 0.5) is 0 Å². The average molecular weight is 393 g/mol. The molecule has 0 aromatic carbocycles. The fraction of sp³-hybridized carbons (Fsp3) is 0.700. The minimum absolute atomic E-state index is 0.000817. The van der Waals surface area contributed by atoms with Gasteiger partial charge in [0.05, 0.1) is 11.6 Å². The first kappa shape index (κ1) is 20.1. The fourth-order valence-corrected chi connectivity index (χ4v) is 4.68. The number of aliphatic imine (C=N–C) groups is 1. The van der Waals surface area contributed by atoms with Crippen LogP contribution in [-0.4, -0.2) is 55.7 Å². The third kappa shape index (κ3) is 5.45. The van der Waals surface area contributed by atoms with Crippen molar-refractivity contribution in [3.63, 3.8) is 0 Å². The monoisotopic (exact) mass is 392 g/mol. The van der Waals surface area contributed by atoms with Crippen molar-refractivity contribution in [1.82, 2.24) is 15.5 Å². The van der Waals surface area contributed by atoms with Crippen molar-refractivity contribution in [2.24, 2.45) is 4.99 Å². The number of carbonyl (C=O) groups excluding carboxylic acids is 1. The Morgan fingerprint density at radius 1 is 1.44 bits per heavy atom. The molecule has 2 fully saturated rings. The third-order valence-electron chi connectivity index (χ3n) is 5.54. The second-order valence-electron chi connectivity index (χ2n) is 7.91. The van der Waals surface area contributed by atoms with E-state index in [0.717, 1.165) is 32.3 Å². The maximum absolute atomic E-state index is 12.0. The van der Waals surface area contributed by atoms with Gasteiger partial charge in [0.25, 0.3) is 0 Å². The van der Waals surface area contributed by atoms with E-state index >= 15 is 0 Å². The summed E-state index contributed by atoms with van der Waals surface area (Å²) in [6.45, 7) is 3.06. The Hall–Kier alpha value is -1.60. The molecule has 1 aliphatic carbocycles. The van der Waals surface area contributed by atoms with Gasteiger partial charge in [-0.2, -0.15) is 0 Å². The van der Waals surface area contributed by atoms with E-state index in [1.54, 1.807) is 30.3 Å². The summed E-state index contributed by atoms with van der Waals surface area (Å²) in [5.41, 5.74) is 0.0554. The Labute approximate surface area is 166 Å². The van der Waals surface area contributed by atoms with Crippen LogP contribution in [0.2, 0.25) is 0 Å². The van der Waals surface area contributed by atoms with Gasteiger partial charge >= 0.3 is 0 Å². The predicted molar refractivity (Wildman–Crippen MR) is 110 cm³/mol. The van der Waals surface area contributed by atoms with Gasteiger partial charge in [0.1, 0.15) is 6.54 Å². The lowest BCUT2D eigenvalue weighted by molar-refractivity contribution is -0.127. The maximum Gasteiger partial charge on any atom is 0.243 e.